The molecule has 2 aromatic carbocycles. The Kier molecular flexibility index (Phi) is 14.3. The zero-order chi connectivity index (χ0) is 26.8. The fourth-order valence-electron chi connectivity index (χ4n) is 3.40. The number of ether oxygens (including phenoxy) is 4. The summed E-state index contributed by atoms with van der Waals surface area (Å²) in [6.45, 7) is 4.47. The van der Waals surface area contributed by atoms with Gasteiger partial charge in [0.2, 0.25) is 0 Å². The van der Waals surface area contributed by atoms with Crippen molar-refractivity contribution in [1.29, 1.82) is 0 Å². The monoisotopic (exact) mass is 570 g/mol. The summed E-state index contributed by atoms with van der Waals surface area (Å²) in [5.74, 6) is 0. The number of rotatable bonds is 4. The summed E-state index contributed by atoms with van der Waals surface area (Å²) in [6.07, 6.45) is 0. The highest BCUT2D eigenvalue weighted by atomic mass is 31.2. The molecule has 0 radical (unpaired) electrons. The lowest BCUT2D eigenvalue weighted by atomic mass is 10.3. The number of anilines is 2. The van der Waals surface area contributed by atoms with Crippen LogP contribution in [0.3, 0.4) is 0 Å². The highest BCUT2D eigenvalue weighted by Gasteiger charge is 2.21. The van der Waals surface area contributed by atoms with Gasteiger partial charge in [0.1, 0.15) is 0 Å². The van der Waals surface area contributed by atoms with Crippen LogP contribution in [-0.4, -0.2) is 79.0 Å². The molecule has 0 aromatic heterocycles. The minimum Gasteiger partial charge on any atom is -0.378 e. The molecule has 1 saturated heterocycles. The van der Waals surface area contributed by atoms with Crippen LogP contribution in [0, 0.1) is 0 Å². The first-order chi connectivity index (χ1) is 18.6. The van der Waals surface area contributed by atoms with E-state index in [9.17, 15) is 9.13 Å². The molecule has 1 aliphatic heterocycles. The Hall–Kier alpha value is -1.82. The van der Waals surface area contributed by atoms with Gasteiger partial charge in [-0.1, -0.05) is 36.4 Å². The van der Waals surface area contributed by atoms with Gasteiger partial charge in [-0.15, -0.1) is 0 Å². The zero-order valence-electron chi connectivity index (χ0n) is 21.6. The van der Waals surface area contributed by atoms with E-state index in [1.807, 2.05) is 60.7 Å². The van der Waals surface area contributed by atoms with Crippen LogP contribution in [0.4, 0.5) is 11.4 Å². The second-order valence-electron chi connectivity index (χ2n) is 8.26. The van der Waals surface area contributed by atoms with Gasteiger partial charge >= 0.3 is 15.2 Å². The molecule has 1 heterocycles. The van der Waals surface area contributed by atoms with E-state index in [-0.39, 0.29) is 0 Å². The van der Waals surface area contributed by atoms with Gasteiger partial charge in [-0.05, 0) is 24.3 Å². The van der Waals surface area contributed by atoms with Gasteiger partial charge in [-0.25, -0.2) is 20.3 Å². The fraction of sp³-hybridized carbons (Fsp3) is 0.500. The topological polar surface area (TPSA) is 143 Å². The Morgan fingerprint density at radius 3 is 1.05 bits per heavy atom. The number of hydrogen-bond donors (Lipinski definition) is 6. The normalized spacial score (nSPS) is 26.3. The lowest BCUT2D eigenvalue weighted by Crippen LogP contribution is -2.32. The van der Waals surface area contributed by atoms with Crippen molar-refractivity contribution in [2.75, 3.05) is 89.2 Å². The maximum Gasteiger partial charge on any atom is 0.303 e. The summed E-state index contributed by atoms with van der Waals surface area (Å²) in [4.78, 5) is 0. The van der Waals surface area contributed by atoms with Crippen LogP contribution < -0.4 is 30.5 Å². The van der Waals surface area contributed by atoms with Crippen molar-refractivity contribution >= 4 is 26.6 Å². The second-order valence-corrected chi connectivity index (χ2v) is 12.4. The van der Waals surface area contributed by atoms with Crippen LogP contribution in [-0.2, 0) is 28.1 Å². The van der Waals surface area contributed by atoms with Gasteiger partial charge in [-0.2, -0.15) is 0 Å². The minimum absolute atomic E-state index is 0.359. The summed E-state index contributed by atoms with van der Waals surface area (Å²) < 4.78 is 49.2. The summed E-state index contributed by atoms with van der Waals surface area (Å²) in [5, 5.41) is 18.3. The molecule has 0 bridgehead atoms. The standard InChI is InChI=1S/C24H40N6O6P2/c31-37(29-23-7-3-1-4-8-23)25-11-15-33-19-21-35-17-13-27-38(32,30-24-9-5-2-6-10-24)28-14-18-36-22-20-34-16-12-26-37/h1-10H,11-22H2,(H3,25,26,29,31)(H3,27,28,30,32). The molecular formula is C24H40N6O6P2. The summed E-state index contributed by atoms with van der Waals surface area (Å²) >= 11 is 0. The third-order valence-electron chi connectivity index (χ3n) is 5.19. The predicted molar refractivity (Wildman–Crippen MR) is 151 cm³/mol. The molecule has 14 heteroatoms. The number of para-hydroxylation sites is 2. The summed E-state index contributed by atoms with van der Waals surface area (Å²) in [6, 6.07) is 18.7. The third-order valence-corrected chi connectivity index (χ3v) is 9.01. The molecule has 38 heavy (non-hydrogen) atoms. The van der Waals surface area contributed by atoms with Crippen molar-refractivity contribution in [1.82, 2.24) is 20.3 Å². The van der Waals surface area contributed by atoms with Gasteiger partial charge in [0.25, 0.3) is 0 Å². The van der Waals surface area contributed by atoms with Gasteiger partial charge in [-0.3, -0.25) is 9.13 Å². The Morgan fingerprint density at radius 2 is 0.763 bits per heavy atom. The van der Waals surface area contributed by atoms with E-state index in [1.165, 1.54) is 0 Å². The average Bonchev–Trinajstić information content (AvgIpc) is 2.91. The van der Waals surface area contributed by atoms with Crippen LogP contribution in [0.25, 0.3) is 0 Å². The molecule has 0 saturated carbocycles. The van der Waals surface area contributed by atoms with E-state index in [0.717, 1.165) is 11.4 Å². The molecular weight excluding hydrogens is 530 g/mol. The molecule has 0 atom stereocenters. The van der Waals surface area contributed by atoms with E-state index >= 15 is 0 Å². The highest BCUT2D eigenvalue weighted by molar-refractivity contribution is 7.61. The molecule has 0 unspecified atom stereocenters. The van der Waals surface area contributed by atoms with Gasteiger partial charge in [0, 0.05) is 37.6 Å². The first-order valence-corrected chi connectivity index (χ1v) is 16.2. The number of hydrogen-bond acceptors (Lipinski definition) is 6. The Morgan fingerprint density at radius 1 is 0.474 bits per heavy atom. The zero-order valence-corrected chi connectivity index (χ0v) is 23.4. The lowest BCUT2D eigenvalue weighted by Gasteiger charge is -2.23. The smallest absolute Gasteiger partial charge is 0.303 e. The summed E-state index contributed by atoms with van der Waals surface area (Å²) in [7, 11) is -6.26. The van der Waals surface area contributed by atoms with Crippen molar-refractivity contribution in [3.8, 4) is 0 Å². The molecule has 6 N–H and O–H groups in total. The molecule has 1 aliphatic rings. The summed E-state index contributed by atoms with van der Waals surface area (Å²) in [5.41, 5.74) is 1.48. The molecule has 0 amide bonds. The van der Waals surface area contributed by atoms with Crippen LogP contribution in [0.5, 0.6) is 0 Å². The molecule has 212 valence electrons. The van der Waals surface area contributed by atoms with Crippen LogP contribution >= 0.6 is 15.2 Å². The maximum absolute atomic E-state index is 13.4. The third kappa shape index (κ3) is 12.8. The Labute approximate surface area is 225 Å². The highest BCUT2D eigenvalue weighted by Crippen LogP contribution is 2.36. The Bertz CT molecular complexity index is 879. The van der Waals surface area contributed by atoms with Crippen molar-refractivity contribution in [3.63, 3.8) is 0 Å². The maximum atomic E-state index is 13.4. The predicted octanol–water partition coefficient (Wildman–Crippen LogP) is 2.87. The van der Waals surface area contributed by atoms with Crippen molar-refractivity contribution in [2.24, 2.45) is 0 Å². The second kappa shape index (κ2) is 17.7. The fourth-order valence-corrected chi connectivity index (χ4v) is 6.59. The molecule has 2 aromatic rings. The van der Waals surface area contributed by atoms with Crippen molar-refractivity contribution in [2.45, 2.75) is 0 Å². The largest absolute Gasteiger partial charge is 0.378 e. The molecule has 1 fully saturated rings. The first-order valence-electron chi connectivity index (χ1n) is 12.8. The van der Waals surface area contributed by atoms with Crippen LogP contribution in [0.1, 0.15) is 0 Å². The molecule has 0 spiro atoms. The van der Waals surface area contributed by atoms with E-state index in [0.29, 0.717) is 79.0 Å². The van der Waals surface area contributed by atoms with E-state index in [2.05, 4.69) is 30.5 Å². The van der Waals surface area contributed by atoms with E-state index in [4.69, 9.17) is 18.9 Å². The van der Waals surface area contributed by atoms with E-state index in [1.54, 1.807) is 0 Å². The quantitative estimate of drug-likeness (QED) is 0.301. The first kappa shape index (κ1) is 30.7. The van der Waals surface area contributed by atoms with Crippen molar-refractivity contribution < 1.29 is 28.1 Å². The number of benzene rings is 2. The molecule has 0 aliphatic carbocycles. The van der Waals surface area contributed by atoms with E-state index < -0.39 is 15.2 Å². The molecule has 12 nitrogen and oxygen atoms in total. The van der Waals surface area contributed by atoms with Crippen LogP contribution in [0.15, 0.2) is 60.7 Å². The SMILES string of the molecule is O=P1(Nc2ccccc2)NCCOCCOCCNP(=O)(Nc2ccccc2)NCCOCCOCCN1. The Balaban J connectivity index is 1.48. The van der Waals surface area contributed by atoms with Crippen LogP contribution in [0.2, 0.25) is 0 Å². The molecule has 3 rings (SSSR count). The van der Waals surface area contributed by atoms with Crippen molar-refractivity contribution in [3.05, 3.63) is 60.7 Å². The van der Waals surface area contributed by atoms with Gasteiger partial charge in [0.15, 0.2) is 0 Å². The average molecular weight is 571 g/mol. The minimum atomic E-state index is -3.13. The van der Waals surface area contributed by atoms with Gasteiger partial charge < -0.3 is 29.1 Å². The number of nitrogens with one attached hydrogen (secondary N) is 6. The van der Waals surface area contributed by atoms with Gasteiger partial charge in [0.05, 0.1) is 52.9 Å². The lowest BCUT2D eigenvalue weighted by molar-refractivity contribution is 0.0510.